The van der Waals surface area contributed by atoms with E-state index in [1.165, 1.54) is 6.07 Å². The number of carbonyl (C=O) groups is 1. The molecule has 0 saturated heterocycles. The Bertz CT molecular complexity index is 1380. The fourth-order valence-electron chi connectivity index (χ4n) is 4.29. The number of hydrogen-bond donors (Lipinski definition) is 0. The van der Waals surface area contributed by atoms with Crippen molar-refractivity contribution in [3.63, 3.8) is 0 Å². The monoisotopic (exact) mass is 460 g/mol. The van der Waals surface area contributed by atoms with Gasteiger partial charge in [0.2, 0.25) is 0 Å². The molecule has 0 saturated carbocycles. The molecule has 1 atom stereocenters. The van der Waals surface area contributed by atoms with Gasteiger partial charge in [0.05, 0.1) is 5.56 Å². The molecule has 0 amide bonds. The normalized spacial score (nSPS) is 14.8. The number of carbonyl (C=O) groups excluding carboxylic acids is 1. The summed E-state index contributed by atoms with van der Waals surface area (Å²) in [4.78, 5) is 24.6. The topological polar surface area (TPSA) is 65.7 Å². The van der Waals surface area contributed by atoms with Gasteiger partial charge in [-0.25, -0.2) is 9.59 Å². The molecule has 166 valence electrons. The zero-order chi connectivity index (χ0) is 22.8. The molecule has 0 bridgehead atoms. The summed E-state index contributed by atoms with van der Waals surface area (Å²) >= 11 is 5.96. The van der Waals surface area contributed by atoms with Gasteiger partial charge in [0.1, 0.15) is 24.0 Å². The van der Waals surface area contributed by atoms with E-state index in [2.05, 4.69) is 0 Å². The Morgan fingerprint density at radius 3 is 2.70 bits per heavy atom. The van der Waals surface area contributed by atoms with Gasteiger partial charge in [0.15, 0.2) is 0 Å². The first-order chi connectivity index (χ1) is 16.1. The highest BCUT2D eigenvalue weighted by atomic mass is 35.5. The van der Waals surface area contributed by atoms with Crippen molar-refractivity contribution >= 4 is 28.5 Å². The van der Waals surface area contributed by atoms with Crippen molar-refractivity contribution in [2.24, 2.45) is 0 Å². The van der Waals surface area contributed by atoms with Crippen LogP contribution in [0, 0.1) is 0 Å². The van der Waals surface area contributed by atoms with Crippen LogP contribution in [-0.2, 0) is 23.6 Å². The van der Waals surface area contributed by atoms with Crippen molar-refractivity contribution in [2.75, 3.05) is 0 Å². The van der Waals surface area contributed by atoms with E-state index < -0.39 is 5.63 Å². The third-order valence-electron chi connectivity index (χ3n) is 5.87. The summed E-state index contributed by atoms with van der Waals surface area (Å²) in [5.74, 6) is 0.478. The Labute approximate surface area is 195 Å². The number of benzene rings is 3. The van der Waals surface area contributed by atoms with E-state index in [4.69, 9.17) is 25.5 Å². The summed E-state index contributed by atoms with van der Waals surface area (Å²) in [5, 5.41) is 0.784. The van der Waals surface area contributed by atoms with Crippen LogP contribution >= 0.6 is 11.6 Å². The Kier molecular flexibility index (Phi) is 5.88. The van der Waals surface area contributed by atoms with Crippen LogP contribution in [0.5, 0.6) is 5.75 Å². The highest BCUT2D eigenvalue weighted by Gasteiger charge is 2.28. The Morgan fingerprint density at radius 2 is 1.88 bits per heavy atom. The Balaban J connectivity index is 1.36. The molecule has 0 spiro atoms. The molecule has 5 rings (SSSR count). The van der Waals surface area contributed by atoms with Crippen molar-refractivity contribution in [3.05, 3.63) is 111 Å². The third-order valence-corrected chi connectivity index (χ3v) is 6.16. The highest BCUT2D eigenvalue weighted by Crippen LogP contribution is 2.37. The lowest BCUT2D eigenvalue weighted by Gasteiger charge is -2.16. The molecule has 0 radical (unpaired) electrons. The number of esters is 1. The number of hydrogen-bond acceptors (Lipinski definition) is 5. The molecule has 0 N–H and O–H groups in total. The van der Waals surface area contributed by atoms with Crippen LogP contribution in [-0.4, -0.2) is 5.97 Å². The summed E-state index contributed by atoms with van der Waals surface area (Å²) in [6.07, 6.45) is 1.25. The molecule has 0 unspecified atom stereocenters. The summed E-state index contributed by atoms with van der Waals surface area (Å²) in [6, 6.07) is 22.0. The van der Waals surface area contributed by atoms with Gasteiger partial charge in [-0.15, -0.1) is 11.6 Å². The fraction of sp³-hybridized carbons (Fsp3) is 0.185. The average molecular weight is 461 g/mol. The molecule has 0 aliphatic heterocycles. The maximum absolute atomic E-state index is 12.8. The van der Waals surface area contributed by atoms with Crippen LogP contribution in [0.4, 0.5) is 0 Å². The van der Waals surface area contributed by atoms with Gasteiger partial charge in [-0.3, -0.25) is 0 Å². The molecule has 1 heterocycles. The van der Waals surface area contributed by atoms with Crippen molar-refractivity contribution < 1.29 is 18.7 Å². The minimum atomic E-state index is -0.444. The number of rotatable bonds is 6. The molecule has 6 heteroatoms. The van der Waals surface area contributed by atoms with Gasteiger partial charge in [-0.1, -0.05) is 42.5 Å². The lowest BCUT2D eigenvalue weighted by molar-refractivity contribution is 0.0471. The average Bonchev–Trinajstić information content (AvgIpc) is 3.25. The van der Waals surface area contributed by atoms with E-state index in [-0.39, 0.29) is 24.6 Å². The van der Waals surface area contributed by atoms with Crippen molar-refractivity contribution in [1.82, 2.24) is 0 Å². The molecule has 1 aliphatic rings. The number of ether oxygens (including phenoxy) is 2. The quantitative estimate of drug-likeness (QED) is 0.202. The minimum absolute atomic E-state index is 0.206. The van der Waals surface area contributed by atoms with Crippen molar-refractivity contribution in [3.8, 4) is 5.75 Å². The Hall–Kier alpha value is -3.57. The molecule has 33 heavy (non-hydrogen) atoms. The van der Waals surface area contributed by atoms with Crippen LogP contribution in [0.2, 0.25) is 0 Å². The van der Waals surface area contributed by atoms with Gasteiger partial charge in [0.25, 0.3) is 0 Å². The van der Waals surface area contributed by atoms with Crippen LogP contribution in [0.3, 0.4) is 0 Å². The summed E-state index contributed by atoms with van der Waals surface area (Å²) in [6.45, 7) is 0.232. The summed E-state index contributed by atoms with van der Waals surface area (Å²) in [5.41, 5.74) is 4.16. The fourth-order valence-corrected chi connectivity index (χ4v) is 4.51. The maximum Gasteiger partial charge on any atom is 0.338 e. The van der Waals surface area contributed by atoms with E-state index in [0.29, 0.717) is 16.9 Å². The molecule has 1 aliphatic carbocycles. The lowest BCUT2D eigenvalue weighted by Crippen LogP contribution is -2.09. The zero-order valence-electron chi connectivity index (χ0n) is 17.8. The van der Waals surface area contributed by atoms with E-state index in [9.17, 15) is 9.59 Å². The van der Waals surface area contributed by atoms with Gasteiger partial charge >= 0.3 is 11.6 Å². The van der Waals surface area contributed by atoms with Gasteiger partial charge in [0, 0.05) is 23.4 Å². The van der Waals surface area contributed by atoms with Crippen molar-refractivity contribution in [2.45, 2.75) is 31.4 Å². The predicted octanol–water partition coefficient (Wildman–Crippen LogP) is 5.96. The second-order valence-electron chi connectivity index (χ2n) is 7.96. The van der Waals surface area contributed by atoms with Gasteiger partial charge in [-0.05, 0) is 53.3 Å². The van der Waals surface area contributed by atoms with Crippen LogP contribution < -0.4 is 10.4 Å². The second kappa shape index (κ2) is 9.12. The third kappa shape index (κ3) is 4.37. The van der Waals surface area contributed by atoms with Crippen LogP contribution in [0.25, 0.3) is 11.0 Å². The summed E-state index contributed by atoms with van der Waals surface area (Å²) < 4.78 is 17.1. The first-order valence-electron chi connectivity index (χ1n) is 10.7. The summed E-state index contributed by atoms with van der Waals surface area (Å²) in [7, 11) is 0. The van der Waals surface area contributed by atoms with Crippen molar-refractivity contribution in [1.29, 1.82) is 0 Å². The Morgan fingerprint density at radius 1 is 1.03 bits per heavy atom. The SMILES string of the molecule is O=C(OCc1ccccc1)c1cccc2c1CC[C@H]2Oc1ccc2c(CCl)cc(=O)oc2c1. The number of alkyl halides is 1. The molecule has 4 aromatic rings. The number of halogens is 1. The smallest absolute Gasteiger partial charge is 0.338 e. The van der Waals surface area contributed by atoms with Gasteiger partial charge in [-0.2, -0.15) is 0 Å². The first-order valence-corrected chi connectivity index (χ1v) is 11.3. The number of fused-ring (bicyclic) bond motifs is 2. The highest BCUT2D eigenvalue weighted by molar-refractivity contribution is 6.17. The van der Waals surface area contributed by atoms with Crippen LogP contribution in [0.1, 0.15) is 45.1 Å². The molecular formula is C27H21ClO5. The molecular weight excluding hydrogens is 440 g/mol. The van der Waals surface area contributed by atoms with E-state index in [1.807, 2.05) is 54.6 Å². The second-order valence-corrected chi connectivity index (χ2v) is 8.23. The molecule has 5 nitrogen and oxygen atoms in total. The van der Waals surface area contributed by atoms with E-state index in [0.717, 1.165) is 40.5 Å². The molecule has 1 aromatic heterocycles. The van der Waals surface area contributed by atoms with Crippen LogP contribution in [0.15, 0.2) is 82.0 Å². The van der Waals surface area contributed by atoms with E-state index in [1.54, 1.807) is 12.1 Å². The minimum Gasteiger partial charge on any atom is -0.486 e. The molecule has 0 fully saturated rings. The largest absolute Gasteiger partial charge is 0.486 e. The van der Waals surface area contributed by atoms with E-state index >= 15 is 0 Å². The molecule has 3 aromatic carbocycles. The maximum atomic E-state index is 12.8. The standard InChI is InChI=1S/C27H21ClO5/c28-15-18-13-26(29)33-25-14-19(9-10-20(18)25)32-24-12-11-21-22(24)7-4-8-23(21)27(30)31-16-17-5-2-1-3-6-17/h1-10,13-14,24H,11-12,15-16H2/t24-/m1/s1. The lowest BCUT2D eigenvalue weighted by atomic mass is 10.0. The zero-order valence-corrected chi connectivity index (χ0v) is 18.5. The predicted molar refractivity (Wildman–Crippen MR) is 126 cm³/mol. The van der Waals surface area contributed by atoms with Gasteiger partial charge < -0.3 is 13.9 Å². The first kappa shape index (κ1) is 21.3.